The molecule has 2 N–H and O–H groups in total. The summed E-state index contributed by atoms with van der Waals surface area (Å²) in [6.07, 6.45) is 1.58. The lowest BCUT2D eigenvalue weighted by molar-refractivity contribution is 0.0515. The van der Waals surface area contributed by atoms with Crippen molar-refractivity contribution in [2.24, 2.45) is 0 Å². The molecule has 7 heteroatoms. The largest absolute Gasteiger partial charge is 0.461 e. The zero-order valence-corrected chi connectivity index (χ0v) is 11.2. The standard InChI is InChI=1S/C11H11BrN4O2/c1-2-18-11(17)8-6-9(12)15-16(8)10-7(13)4-3-5-14-10/h3-6H,2,13H2,1H3. The van der Waals surface area contributed by atoms with Gasteiger partial charge < -0.3 is 10.5 Å². The van der Waals surface area contributed by atoms with Crippen LogP contribution in [0.25, 0.3) is 5.82 Å². The van der Waals surface area contributed by atoms with Crippen LogP contribution in [0, 0.1) is 0 Å². The van der Waals surface area contributed by atoms with Gasteiger partial charge in [-0.3, -0.25) is 0 Å². The number of esters is 1. The van der Waals surface area contributed by atoms with Crippen molar-refractivity contribution >= 4 is 27.6 Å². The Hall–Kier alpha value is -1.89. The van der Waals surface area contributed by atoms with E-state index in [1.54, 1.807) is 31.3 Å². The van der Waals surface area contributed by atoms with Gasteiger partial charge in [-0.2, -0.15) is 5.10 Å². The van der Waals surface area contributed by atoms with Crippen LogP contribution in [0.1, 0.15) is 17.4 Å². The van der Waals surface area contributed by atoms with Crippen molar-refractivity contribution in [2.45, 2.75) is 6.92 Å². The van der Waals surface area contributed by atoms with E-state index in [0.29, 0.717) is 22.7 Å². The molecule has 0 atom stereocenters. The van der Waals surface area contributed by atoms with Crippen LogP contribution in [0.3, 0.4) is 0 Å². The molecule has 0 unspecified atom stereocenters. The minimum absolute atomic E-state index is 0.272. The first-order chi connectivity index (χ1) is 8.63. The fraction of sp³-hybridized carbons (Fsp3) is 0.182. The van der Waals surface area contributed by atoms with Crippen LogP contribution in [0.5, 0.6) is 0 Å². The van der Waals surface area contributed by atoms with Crippen molar-refractivity contribution in [1.29, 1.82) is 0 Å². The average Bonchev–Trinajstić information content (AvgIpc) is 2.72. The SMILES string of the molecule is CCOC(=O)c1cc(Br)nn1-c1ncccc1N. The van der Waals surface area contributed by atoms with Gasteiger partial charge in [0.1, 0.15) is 4.60 Å². The third-order valence-corrected chi connectivity index (χ3v) is 2.57. The molecule has 0 aliphatic rings. The molecule has 0 aliphatic heterocycles. The van der Waals surface area contributed by atoms with E-state index in [2.05, 4.69) is 26.0 Å². The topological polar surface area (TPSA) is 83.0 Å². The lowest BCUT2D eigenvalue weighted by Gasteiger charge is -2.07. The van der Waals surface area contributed by atoms with Gasteiger partial charge in [0.05, 0.1) is 12.3 Å². The first-order valence-corrected chi connectivity index (χ1v) is 6.06. The molecular formula is C11H11BrN4O2. The summed E-state index contributed by atoms with van der Waals surface area (Å²) in [5.41, 5.74) is 6.52. The Labute approximate surface area is 112 Å². The number of halogens is 1. The molecule has 2 aromatic rings. The van der Waals surface area contributed by atoms with E-state index < -0.39 is 5.97 Å². The summed E-state index contributed by atoms with van der Waals surface area (Å²) in [6, 6.07) is 4.96. The molecule has 2 rings (SSSR count). The first-order valence-electron chi connectivity index (χ1n) is 5.27. The fourth-order valence-corrected chi connectivity index (χ4v) is 1.83. The zero-order chi connectivity index (χ0) is 13.1. The number of pyridine rings is 1. The molecular weight excluding hydrogens is 300 g/mol. The third kappa shape index (κ3) is 2.35. The number of aromatic nitrogens is 3. The van der Waals surface area contributed by atoms with Crippen LogP contribution in [-0.2, 0) is 4.74 Å². The average molecular weight is 311 g/mol. The fourth-order valence-electron chi connectivity index (χ4n) is 1.45. The summed E-state index contributed by atoms with van der Waals surface area (Å²) in [6.45, 7) is 2.03. The van der Waals surface area contributed by atoms with Gasteiger partial charge in [-0.25, -0.2) is 14.5 Å². The van der Waals surface area contributed by atoms with E-state index in [1.165, 1.54) is 4.68 Å². The van der Waals surface area contributed by atoms with Crippen LogP contribution >= 0.6 is 15.9 Å². The summed E-state index contributed by atoms with van der Waals surface area (Å²) < 4.78 is 6.82. The second kappa shape index (κ2) is 5.18. The first kappa shape index (κ1) is 12.6. The van der Waals surface area contributed by atoms with Gasteiger partial charge in [0.2, 0.25) is 0 Å². The number of rotatable bonds is 3. The molecule has 0 aliphatic carbocycles. The highest BCUT2D eigenvalue weighted by Gasteiger charge is 2.18. The molecule has 0 spiro atoms. The monoisotopic (exact) mass is 310 g/mol. The second-order valence-corrected chi connectivity index (χ2v) is 4.21. The predicted octanol–water partition coefficient (Wildman–Crippen LogP) is 1.79. The lowest BCUT2D eigenvalue weighted by Crippen LogP contribution is -2.14. The van der Waals surface area contributed by atoms with Crippen molar-refractivity contribution in [3.05, 3.63) is 34.7 Å². The minimum atomic E-state index is -0.472. The molecule has 6 nitrogen and oxygen atoms in total. The third-order valence-electron chi connectivity index (χ3n) is 2.18. The molecule has 0 saturated heterocycles. The maximum Gasteiger partial charge on any atom is 0.357 e. The van der Waals surface area contributed by atoms with Crippen molar-refractivity contribution in [3.8, 4) is 5.82 Å². The minimum Gasteiger partial charge on any atom is -0.461 e. The molecule has 2 aromatic heterocycles. The highest BCUT2D eigenvalue weighted by molar-refractivity contribution is 9.10. The van der Waals surface area contributed by atoms with Gasteiger partial charge in [0.25, 0.3) is 0 Å². The molecule has 0 bridgehead atoms. The zero-order valence-electron chi connectivity index (χ0n) is 9.63. The van der Waals surface area contributed by atoms with Crippen molar-refractivity contribution in [3.63, 3.8) is 0 Å². The molecule has 0 amide bonds. The molecule has 0 fully saturated rings. The summed E-state index contributed by atoms with van der Waals surface area (Å²) in [5, 5.41) is 4.14. The Kier molecular flexibility index (Phi) is 3.61. The van der Waals surface area contributed by atoms with Gasteiger partial charge in [0, 0.05) is 12.3 Å². The summed E-state index contributed by atoms with van der Waals surface area (Å²) in [4.78, 5) is 15.9. The van der Waals surface area contributed by atoms with Crippen molar-refractivity contribution < 1.29 is 9.53 Å². The Bertz CT molecular complexity index is 582. The number of anilines is 1. The van der Waals surface area contributed by atoms with Gasteiger partial charge in [-0.15, -0.1) is 0 Å². The molecule has 0 radical (unpaired) electrons. The smallest absolute Gasteiger partial charge is 0.357 e. The maximum atomic E-state index is 11.8. The van der Waals surface area contributed by atoms with Gasteiger partial charge in [-0.1, -0.05) is 0 Å². The molecule has 0 saturated carbocycles. The van der Waals surface area contributed by atoms with E-state index in [1.807, 2.05) is 0 Å². The van der Waals surface area contributed by atoms with E-state index >= 15 is 0 Å². The highest BCUT2D eigenvalue weighted by atomic mass is 79.9. The van der Waals surface area contributed by atoms with Crippen molar-refractivity contribution in [2.75, 3.05) is 12.3 Å². The number of carbonyl (C=O) groups excluding carboxylic acids is 1. The summed E-state index contributed by atoms with van der Waals surface area (Å²) in [7, 11) is 0. The number of nitrogens with two attached hydrogens (primary N) is 1. The van der Waals surface area contributed by atoms with Gasteiger partial charge >= 0.3 is 5.97 Å². The van der Waals surface area contributed by atoms with Gasteiger partial charge in [0.15, 0.2) is 11.5 Å². The van der Waals surface area contributed by atoms with Crippen LogP contribution in [0.4, 0.5) is 5.69 Å². The normalized spacial score (nSPS) is 10.3. The second-order valence-electron chi connectivity index (χ2n) is 3.40. The Morgan fingerprint density at radius 2 is 2.39 bits per heavy atom. The predicted molar refractivity (Wildman–Crippen MR) is 69.4 cm³/mol. The Morgan fingerprint density at radius 1 is 1.61 bits per heavy atom. The molecule has 2 heterocycles. The van der Waals surface area contributed by atoms with E-state index in [0.717, 1.165) is 0 Å². The summed E-state index contributed by atoms with van der Waals surface area (Å²) >= 11 is 3.22. The van der Waals surface area contributed by atoms with Crippen LogP contribution in [0.2, 0.25) is 0 Å². The van der Waals surface area contributed by atoms with Crippen LogP contribution in [-0.4, -0.2) is 27.3 Å². The quantitative estimate of drug-likeness (QED) is 0.874. The van der Waals surface area contributed by atoms with Crippen molar-refractivity contribution in [1.82, 2.24) is 14.8 Å². The Morgan fingerprint density at radius 3 is 3.06 bits per heavy atom. The molecule has 18 heavy (non-hydrogen) atoms. The number of carbonyl (C=O) groups is 1. The Balaban J connectivity index is 2.51. The van der Waals surface area contributed by atoms with Crippen LogP contribution < -0.4 is 5.73 Å². The summed E-state index contributed by atoms with van der Waals surface area (Å²) in [5.74, 6) is -0.0768. The lowest BCUT2D eigenvalue weighted by atomic mass is 10.3. The molecule has 0 aromatic carbocycles. The molecule has 94 valence electrons. The van der Waals surface area contributed by atoms with E-state index in [9.17, 15) is 4.79 Å². The van der Waals surface area contributed by atoms with E-state index in [4.69, 9.17) is 10.5 Å². The number of ether oxygens (including phenoxy) is 1. The highest BCUT2D eigenvalue weighted by Crippen LogP contribution is 2.19. The van der Waals surface area contributed by atoms with E-state index in [-0.39, 0.29) is 5.69 Å². The number of nitrogens with zero attached hydrogens (tertiary/aromatic N) is 3. The number of hydrogen-bond donors (Lipinski definition) is 1. The number of nitrogen functional groups attached to an aromatic ring is 1. The maximum absolute atomic E-state index is 11.8. The number of hydrogen-bond acceptors (Lipinski definition) is 5. The van der Waals surface area contributed by atoms with Gasteiger partial charge in [-0.05, 0) is 35.0 Å². The van der Waals surface area contributed by atoms with Crippen LogP contribution in [0.15, 0.2) is 29.0 Å².